The fourth-order valence-electron chi connectivity index (χ4n) is 3.44. The van der Waals surface area contributed by atoms with Crippen molar-refractivity contribution in [1.29, 1.82) is 0 Å². The van der Waals surface area contributed by atoms with Gasteiger partial charge in [-0.25, -0.2) is 0 Å². The summed E-state index contributed by atoms with van der Waals surface area (Å²) in [6.07, 6.45) is 1.86. The molecule has 3 rings (SSSR count). The molecule has 1 aromatic heterocycles. The van der Waals surface area contributed by atoms with Crippen LogP contribution >= 0.6 is 0 Å². The maximum Gasteiger partial charge on any atom is 0.272 e. The van der Waals surface area contributed by atoms with Gasteiger partial charge in [0.1, 0.15) is 6.54 Å². The summed E-state index contributed by atoms with van der Waals surface area (Å²) < 4.78 is 1.89. The van der Waals surface area contributed by atoms with E-state index in [4.69, 9.17) is 0 Å². The third-order valence-electron chi connectivity index (χ3n) is 5.11. The molecule has 1 N–H and O–H groups in total. The van der Waals surface area contributed by atoms with Gasteiger partial charge in [-0.3, -0.25) is 19.7 Å². The van der Waals surface area contributed by atoms with Crippen molar-refractivity contribution >= 4 is 34.1 Å². The van der Waals surface area contributed by atoms with Crippen molar-refractivity contribution in [3.63, 3.8) is 0 Å². The number of hydrogen-bond acceptors (Lipinski definition) is 4. The minimum Gasteiger partial charge on any atom is -0.342 e. The number of nitro groups is 1. The highest BCUT2D eigenvalue weighted by molar-refractivity contribution is 6.05. The lowest BCUT2D eigenvalue weighted by molar-refractivity contribution is -0.385. The Morgan fingerprint density at radius 2 is 1.83 bits per heavy atom. The van der Waals surface area contributed by atoms with Crippen LogP contribution in [0.1, 0.15) is 29.8 Å². The number of benzene rings is 2. The number of nitrogens with one attached hydrogen (secondary N) is 1. The molecule has 0 aliphatic carbocycles. The third-order valence-corrected chi connectivity index (χ3v) is 5.11. The monoisotopic (exact) mass is 408 g/mol. The van der Waals surface area contributed by atoms with Crippen LogP contribution in [0.2, 0.25) is 0 Å². The van der Waals surface area contributed by atoms with Crippen LogP contribution in [-0.4, -0.2) is 39.3 Å². The van der Waals surface area contributed by atoms with Crippen LogP contribution in [0.5, 0.6) is 0 Å². The summed E-state index contributed by atoms with van der Waals surface area (Å²) in [7, 11) is 0. The molecule has 0 unspecified atom stereocenters. The number of amides is 2. The van der Waals surface area contributed by atoms with Crippen molar-refractivity contribution in [2.75, 3.05) is 18.4 Å². The summed E-state index contributed by atoms with van der Waals surface area (Å²) in [6.45, 7) is 7.12. The molecule has 0 fully saturated rings. The van der Waals surface area contributed by atoms with Crippen molar-refractivity contribution in [1.82, 2.24) is 9.47 Å². The molecule has 0 aliphatic rings. The van der Waals surface area contributed by atoms with E-state index in [1.165, 1.54) is 18.2 Å². The van der Waals surface area contributed by atoms with Gasteiger partial charge in [0.2, 0.25) is 5.91 Å². The first-order valence-electron chi connectivity index (χ1n) is 9.77. The fraction of sp³-hybridized carbons (Fsp3) is 0.273. The third kappa shape index (κ3) is 4.32. The molecule has 2 aromatic carbocycles. The Morgan fingerprint density at radius 1 is 1.10 bits per heavy atom. The van der Waals surface area contributed by atoms with Crippen molar-refractivity contribution in [2.24, 2.45) is 0 Å². The quantitative estimate of drug-likeness (QED) is 0.472. The maximum absolute atomic E-state index is 12.5. The number of carbonyl (C=O) groups is 2. The summed E-state index contributed by atoms with van der Waals surface area (Å²) in [4.78, 5) is 37.2. The second kappa shape index (κ2) is 8.77. The van der Waals surface area contributed by atoms with Crippen molar-refractivity contribution in [3.05, 3.63) is 69.9 Å². The number of rotatable bonds is 7. The van der Waals surface area contributed by atoms with Gasteiger partial charge in [0.05, 0.1) is 4.92 Å². The lowest BCUT2D eigenvalue weighted by Crippen LogP contribution is -2.33. The van der Waals surface area contributed by atoms with Crippen LogP contribution < -0.4 is 5.32 Å². The molecule has 0 spiro atoms. The summed E-state index contributed by atoms with van der Waals surface area (Å²) in [5.74, 6) is -0.285. The number of hydrogen-bond donors (Lipinski definition) is 1. The number of aromatic nitrogens is 1. The fourth-order valence-corrected chi connectivity index (χ4v) is 3.44. The van der Waals surface area contributed by atoms with Gasteiger partial charge in [-0.2, -0.15) is 0 Å². The Balaban J connectivity index is 1.77. The van der Waals surface area contributed by atoms with Gasteiger partial charge in [0, 0.05) is 53.1 Å². The highest BCUT2D eigenvalue weighted by atomic mass is 16.6. The second-order valence-electron chi connectivity index (χ2n) is 7.00. The molecule has 0 saturated carbocycles. The average molecular weight is 408 g/mol. The molecule has 30 heavy (non-hydrogen) atoms. The van der Waals surface area contributed by atoms with Crippen molar-refractivity contribution < 1.29 is 14.5 Å². The number of nitrogens with zero attached hydrogens (tertiary/aromatic N) is 3. The molecule has 0 atom stereocenters. The van der Waals surface area contributed by atoms with E-state index in [1.807, 2.05) is 42.8 Å². The van der Waals surface area contributed by atoms with Gasteiger partial charge in [0.15, 0.2) is 0 Å². The van der Waals surface area contributed by atoms with Crippen LogP contribution in [0.25, 0.3) is 10.9 Å². The minimum atomic E-state index is -0.472. The van der Waals surface area contributed by atoms with E-state index in [0.29, 0.717) is 29.9 Å². The molecule has 8 nitrogen and oxygen atoms in total. The predicted octanol–water partition coefficient (Wildman–Crippen LogP) is 3.98. The topological polar surface area (TPSA) is 97.5 Å². The molecule has 0 aliphatic heterocycles. The first-order chi connectivity index (χ1) is 14.3. The molecular formula is C22H24N4O4. The SMILES string of the molecule is CCN(CC)C(=O)Cn1ccc2cc(NC(=O)c3ccc([N+](=O)[O-])c(C)c3)ccc21. The number of fused-ring (bicyclic) bond motifs is 1. The van der Waals surface area contributed by atoms with Crippen LogP contribution in [0.15, 0.2) is 48.7 Å². The van der Waals surface area contributed by atoms with E-state index in [9.17, 15) is 19.7 Å². The van der Waals surface area contributed by atoms with Gasteiger partial charge in [0.25, 0.3) is 11.6 Å². The standard InChI is InChI=1S/C22H24N4O4/c1-4-24(5-2)21(27)14-25-11-10-16-13-18(7-9-20(16)25)23-22(28)17-6-8-19(26(29)30)15(3)12-17/h6-13H,4-5,14H2,1-3H3,(H,23,28). The van der Waals surface area contributed by atoms with Crippen LogP contribution in [-0.2, 0) is 11.3 Å². The lowest BCUT2D eigenvalue weighted by atomic mass is 10.1. The first-order valence-corrected chi connectivity index (χ1v) is 9.77. The largest absolute Gasteiger partial charge is 0.342 e. The van der Waals surface area contributed by atoms with E-state index in [1.54, 1.807) is 17.9 Å². The van der Waals surface area contributed by atoms with Crippen LogP contribution in [0.4, 0.5) is 11.4 Å². The average Bonchev–Trinajstić information content (AvgIpc) is 3.10. The zero-order valence-corrected chi connectivity index (χ0v) is 17.2. The molecule has 0 radical (unpaired) electrons. The Labute approximate surface area is 174 Å². The van der Waals surface area contributed by atoms with Gasteiger partial charge in [-0.1, -0.05) is 0 Å². The molecule has 0 saturated heterocycles. The van der Waals surface area contributed by atoms with Crippen LogP contribution in [0, 0.1) is 17.0 Å². The van der Waals surface area contributed by atoms with E-state index >= 15 is 0 Å². The van der Waals surface area contributed by atoms with Crippen molar-refractivity contribution in [2.45, 2.75) is 27.3 Å². The minimum absolute atomic E-state index is 0.0198. The molecule has 156 valence electrons. The zero-order chi connectivity index (χ0) is 21.8. The Bertz CT molecular complexity index is 1120. The molecule has 1 heterocycles. The maximum atomic E-state index is 12.5. The molecule has 8 heteroatoms. The smallest absolute Gasteiger partial charge is 0.272 e. The Morgan fingerprint density at radius 3 is 2.47 bits per heavy atom. The van der Waals surface area contributed by atoms with E-state index in [0.717, 1.165) is 10.9 Å². The summed E-state index contributed by atoms with van der Waals surface area (Å²) in [6, 6.07) is 11.6. The number of carbonyl (C=O) groups excluding carboxylic acids is 2. The van der Waals surface area contributed by atoms with E-state index in [2.05, 4.69) is 5.32 Å². The molecule has 2 amide bonds. The molecule has 3 aromatic rings. The van der Waals surface area contributed by atoms with E-state index < -0.39 is 4.92 Å². The highest BCUT2D eigenvalue weighted by Gasteiger charge is 2.15. The van der Waals surface area contributed by atoms with Gasteiger partial charge in [-0.15, -0.1) is 0 Å². The number of nitro benzene ring substituents is 1. The summed E-state index contributed by atoms with van der Waals surface area (Å²) >= 11 is 0. The van der Waals surface area contributed by atoms with Crippen molar-refractivity contribution in [3.8, 4) is 0 Å². The zero-order valence-electron chi connectivity index (χ0n) is 17.2. The normalized spacial score (nSPS) is 10.8. The van der Waals surface area contributed by atoms with Gasteiger partial charge < -0.3 is 14.8 Å². The molecular weight excluding hydrogens is 384 g/mol. The number of likely N-dealkylation sites (N-methyl/N-ethyl adjacent to an activating group) is 1. The van der Waals surface area contributed by atoms with E-state index in [-0.39, 0.29) is 24.0 Å². The number of aryl methyl sites for hydroxylation is 1. The summed E-state index contributed by atoms with van der Waals surface area (Å²) in [5, 5.41) is 14.7. The number of anilines is 1. The second-order valence-corrected chi connectivity index (χ2v) is 7.00. The molecule has 0 bridgehead atoms. The van der Waals surface area contributed by atoms with Gasteiger partial charge in [-0.05, 0) is 57.2 Å². The highest BCUT2D eigenvalue weighted by Crippen LogP contribution is 2.23. The summed E-state index contributed by atoms with van der Waals surface area (Å²) in [5.41, 5.74) is 2.27. The first kappa shape index (κ1) is 21.0. The van der Waals surface area contributed by atoms with Crippen LogP contribution in [0.3, 0.4) is 0 Å². The Kier molecular flexibility index (Phi) is 6.15. The lowest BCUT2D eigenvalue weighted by Gasteiger charge is -2.19. The Hall–Kier alpha value is -3.68. The predicted molar refractivity (Wildman–Crippen MR) is 116 cm³/mol. The van der Waals surface area contributed by atoms with Gasteiger partial charge >= 0.3 is 0 Å².